The van der Waals surface area contributed by atoms with Crippen LogP contribution in [-0.4, -0.2) is 19.1 Å². The first-order valence-electron chi connectivity index (χ1n) is 19.5. The Morgan fingerprint density at radius 1 is 0.368 bits per heavy atom. The van der Waals surface area contributed by atoms with Crippen molar-refractivity contribution in [2.24, 2.45) is 0 Å². The molecule has 266 valence electrons. The lowest BCUT2D eigenvalue weighted by atomic mass is 10.0. The maximum Gasteiger partial charge on any atom is 0.161 e. The van der Waals surface area contributed by atoms with Crippen LogP contribution in [0.5, 0.6) is 0 Å². The Morgan fingerprint density at radius 3 is 1.56 bits per heavy atom. The third kappa shape index (κ3) is 4.94. The lowest BCUT2D eigenvalue weighted by Gasteiger charge is -2.15. The fourth-order valence-corrected chi connectivity index (χ4v) is 9.12. The molecule has 57 heavy (non-hydrogen) atoms. The van der Waals surface area contributed by atoms with Gasteiger partial charge in [-0.3, -0.25) is 4.57 Å². The predicted octanol–water partition coefficient (Wildman–Crippen LogP) is 13.2. The summed E-state index contributed by atoms with van der Waals surface area (Å²) in [6.45, 7) is 0. The minimum Gasteiger partial charge on any atom is -0.309 e. The molecule has 4 heteroatoms. The fourth-order valence-electron chi connectivity index (χ4n) is 9.12. The Labute approximate surface area is 329 Å². The second-order valence-corrected chi connectivity index (χ2v) is 15.0. The number of benzene rings is 8. The van der Waals surface area contributed by atoms with Gasteiger partial charge >= 0.3 is 0 Å². The van der Waals surface area contributed by atoms with Crippen LogP contribution in [0.3, 0.4) is 0 Å². The third-order valence-corrected chi connectivity index (χ3v) is 11.8. The fraction of sp³-hybridized carbons (Fsp3) is 0.0189. The van der Waals surface area contributed by atoms with Crippen molar-refractivity contribution in [1.82, 2.24) is 19.1 Å². The average Bonchev–Trinajstić information content (AvgIpc) is 3.94. The zero-order valence-electron chi connectivity index (χ0n) is 31.0. The van der Waals surface area contributed by atoms with Crippen LogP contribution in [0, 0.1) is 0 Å². The van der Waals surface area contributed by atoms with Crippen molar-refractivity contribution in [2.45, 2.75) is 6.42 Å². The van der Waals surface area contributed by atoms with E-state index < -0.39 is 0 Å². The molecular weight excluding hydrogens is 693 g/mol. The van der Waals surface area contributed by atoms with E-state index in [1.54, 1.807) is 0 Å². The van der Waals surface area contributed by atoms with Gasteiger partial charge in [0.25, 0.3) is 0 Å². The lowest BCUT2D eigenvalue weighted by Crippen LogP contribution is -2.05. The maximum absolute atomic E-state index is 5.40. The van der Waals surface area contributed by atoms with E-state index >= 15 is 0 Å². The van der Waals surface area contributed by atoms with Crippen molar-refractivity contribution in [3.8, 4) is 56.3 Å². The van der Waals surface area contributed by atoms with Crippen LogP contribution >= 0.6 is 0 Å². The van der Waals surface area contributed by atoms with Crippen molar-refractivity contribution < 1.29 is 0 Å². The van der Waals surface area contributed by atoms with E-state index in [2.05, 4.69) is 197 Å². The van der Waals surface area contributed by atoms with Crippen LogP contribution in [-0.2, 0) is 6.42 Å². The van der Waals surface area contributed by atoms with Crippen molar-refractivity contribution >= 4 is 43.6 Å². The maximum atomic E-state index is 5.40. The van der Waals surface area contributed by atoms with Crippen LogP contribution in [0.15, 0.2) is 194 Å². The standard InChI is InChI=1S/C53H34N4/c1-3-13-34(14-4-1)35-23-27-40(28-24-35)56-47-21-11-9-19-42(47)44-31-37(25-29-49(44)56)38-26-30-50-45(32-38)43-20-10-12-22-48(43)57(50)53-51-41-18-8-7-17-39(41)33-46(51)54-52(55-53)36-15-5-2-6-16-36/h1-32H,33H2. The molecule has 0 aliphatic heterocycles. The van der Waals surface area contributed by atoms with Crippen molar-refractivity contribution in [3.63, 3.8) is 0 Å². The Morgan fingerprint density at radius 2 is 0.877 bits per heavy atom. The molecule has 0 saturated carbocycles. The summed E-state index contributed by atoms with van der Waals surface area (Å²) in [6.07, 6.45) is 0.792. The average molecular weight is 727 g/mol. The minimum atomic E-state index is 0.749. The summed E-state index contributed by atoms with van der Waals surface area (Å²) in [6, 6.07) is 69.9. The van der Waals surface area contributed by atoms with Gasteiger partial charge in [-0.1, -0.05) is 146 Å². The predicted molar refractivity (Wildman–Crippen MR) is 235 cm³/mol. The monoisotopic (exact) mass is 726 g/mol. The summed E-state index contributed by atoms with van der Waals surface area (Å²) in [4.78, 5) is 10.6. The van der Waals surface area contributed by atoms with E-state index in [1.165, 1.54) is 66.0 Å². The van der Waals surface area contributed by atoms with E-state index in [0.717, 1.165) is 51.6 Å². The summed E-state index contributed by atoms with van der Waals surface area (Å²) in [5.41, 5.74) is 16.3. The molecular formula is C53H34N4. The van der Waals surface area contributed by atoms with Gasteiger partial charge in [0, 0.05) is 44.8 Å². The molecule has 0 unspecified atom stereocenters. The molecule has 0 bridgehead atoms. The highest BCUT2D eigenvalue weighted by molar-refractivity contribution is 6.13. The normalized spacial score (nSPS) is 12.1. The quantitative estimate of drug-likeness (QED) is 0.177. The molecule has 3 heterocycles. The van der Waals surface area contributed by atoms with E-state index in [-0.39, 0.29) is 0 Å². The van der Waals surface area contributed by atoms with Crippen LogP contribution in [0.25, 0.3) is 99.9 Å². The first-order chi connectivity index (χ1) is 28.3. The first kappa shape index (κ1) is 31.8. The molecule has 12 rings (SSSR count). The topological polar surface area (TPSA) is 35.6 Å². The van der Waals surface area contributed by atoms with Gasteiger partial charge in [0.2, 0.25) is 0 Å². The molecule has 0 radical (unpaired) electrons. The molecule has 0 amide bonds. The van der Waals surface area contributed by atoms with Crippen molar-refractivity contribution in [3.05, 3.63) is 205 Å². The lowest BCUT2D eigenvalue weighted by molar-refractivity contribution is 1.01. The highest BCUT2D eigenvalue weighted by Crippen LogP contribution is 2.44. The van der Waals surface area contributed by atoms with Crippen molar-refractivity contribution in [1.29, 1.82) is 0 Å². The number of para-hydroxylation sites is 2. The van der Waals surface area contributed by atoms with Crippen molar-refractivity contribution in [2.75, 3.05) is 0 Å². The van der Waals surface area contributed by atoms with Gasteiger partial charge in [-0.15, -0.1) is 0 Å². The second-order valence-electron chi connectivity index (χ2n) is 15.0. The molecule has 3 aromatic heterocycles. The van der Waals surface area contributed by atoms with Gasteiger partial charge < -0.3 is 4.57 Å². The van der Waals surface area contributed by atoms with Gasteiger partial charge in [0.15, 0.2) is 5.82 Å². The Bertz CT molecular complexity index is 3360. The Hall–Kier alpha value is -7.56. The second kappa shape index (κ2) is 12.5. The Kier molecular flexibility index (Phi) is 6.96. The molecule has 0 spiro atoms. The molecule has 0 atom stereocenters. The molecule has 0 saturated heterocycles. The van der Waals surface area contributed by atoms with Crippen LogP contribution in [0.2, 0.25) is 0 Å². The highest BCUT2D eigenvalue weighted by Gasteiger charge is 2.28. The highest BCUT2D eigenvalue weighted by atomic mass is 15.1. The van der Waals surface area contributed by atoms with Crippen LogP contribution in [0.1, 0.15) is 11.3 Å². The Balaban J connectivity index is 1.03. The molecule has 4 nitrogen and oxygen atoms in total. The summed E-state index contributed by atoms with van der Waals surface area (Å²) in [7, 11) is 0. The first-order valence-corrected chi connectivity index (χ1v) is 19.5. The van der Waals surface area contributed by atoms with Crippen LogP contribution in [0.4, 0.5) is 0 Å². The smallest absolute Gasteiger partial charge is 0.161 e. The van der Waals surface area contributed by atoms with Gasteiger partial charge in [0.05, 0.1) is 27.8 Å². The minimum absolute atomic E-state index is 0.749. The number of aromatic nitrogens is 4. The molecule has 1 aliphatic carbocycles. The number of fused-ring (bicyclic) bond motifs is 9. The number of nitrogens with zero attached hydrogens (tertiary/aromatic N) is 4. The van der Waals surface area contributed by atoms with Gasteiger partial charge in [0.1, 0.15) is 5.82 Å². The molecule has 0 N–H and O–H groups in total. The zero-order chi connectivity index (χ0) is 37.5. The largest absolute Gasteiger partial charge is 0.309 e. The number of hydrogen-bond acceptors (Lipinski definition) is 2. The zero-order valence-corrected chi connectivity index (χ0v) is 31.0. The molecule has 1 aliphatic rings. The SMILES string of the molecule is c1ccc(-c2ccc(-n3c4ccccc4c4cc(-c5ccc6c(c5)c5ccccc5n6-c5nc(-c6ccccc6)nc6c5-c5ccccc5C6)ccc43)cc2)cc1. The third-order valence-electron chi connectivity index (χ3n) is 11.8. The van der Waals surface area contributed by atoms with E-state index in [4.69, 9.17) is 9.97 Å². The van der Waals surface area contributed by atoms with E-state index in [1.807, 2.05) is 6.07 Å². The molecule has 11 aromatic rings. The summed E-state index contributed by atoms with van der Waals surface area (Å²) in [5.74, 6) is 1.67. The van der Waals surface area contributed by atoms with E-state index in [0.29, 0.717) is 0 Å². The summed E-state index contributed by atoms with van der Waals surface area (Å²) >= 11 is 0. The van der Waals surface area contributed by atoms with Crippen LogP contribution < -0.4 is 0 Å². The summed E-state index contributed by atoms with van der Waals surface area (Å²) in [5, 5.41) is 4.88. The van der Waals surface area contributed by atoms with Gasteiger partial charge in [-0.25, -0.2) is 9.97 Å². The van der Waals surface area contributed by atoms with Gasteiger partial charge in [-0.2, -0.15) is 0 Å². The van der Waals surface area contributed by atoms with Gasteiger partial charge in [-0.05, 0) is 81.9 Å². The number of hydrogen-bond donors (Lipinski definition) is 0. The number of rotatable bonds is 5. The van der Waals surface area contributed by atoms with E-state index in [9.17, 15) is 0 Å². The summed E-state index contributed by atoms with van der Waals surface area (Å²) < 4.78 is 4.76. The molecule has 0 fully saturated rings. The molecule has 8 aromatic carbocycles.